The summed E-state index contributed by atoms with van der Waals surface area (Å²) in [6, 6.07) is 1.52. The maximum atomic E-state index is 12.1. The van der Waals surface area contributed by atoms with Crippen molar-refractivity contribution in [3.63, 3.8) is 0 Å². The highest BCUT2D eigenvalue weighted by Crippen LogP contribution is 2.24. The van der Waals surface area contributed by atoms with Crippen molar-refractivity contribution in [1.82, 2.24) is 10.1 Å². The third-order valence-electron chi connectivity index (χ3n) is 2.78. The Morgan fingerprint density at radius 2 is 1.95 bits per heavy atom. The second-order valence-electron chi connectivity index (χ2n) is 5.85. The minimum absolute atomic E-state index is 0.00771. The number of hydrogen-bond donors (Lipinski definition) is 1. The maximum Gasteiger partial charge on any atom is 0.246 e. The van der Waals surface area contributed by atoms with Crippen LogP contribution in [0.4, 0.5) is 5.88 Å². The smallest absolute Gasteiger partial charge is 0.246 e. The summed E-state index contributed by atoms with van der Waals surface area (Å²) in [6.07, 6.45) is 0. The van der Waals surface area contributed by atoms with Gasteiger partial charge in [-0.15, -0.1) is 0 Å². The van der Waals surface area contributed by atoms with E-state index in [1.54, 1.807) is 0 Å². The topological polar surface area (TPSA) is 92.5 Å². The molecule has 1 N–H and O–H groups in total. The molecular formula is C12H21N3O4S. The molecule has 0 aliphatic heterocycles. The van der Waals surface area contributed by atoms with Gasteiger partial charge in [0.15, 0.2) is 5.25 Å². The van der Waals surface area contributed by atoms with E-state index in [0.29, 0.717) is 5.69 Å². The molecule has 114 valence electrons. The Labute approximate surface area is 119 Å². The van der Waals surface area contributed by atoms with Crippen LogP contribution in [0.3, 0.4) is 0 Å². The Morgan fingerprint density at radius 1 is 1.40 bits per heavy atom. The standard InChI is InChI=1S/C12H21N3O4S/c1-8(11(16)15(5)6)20(17,18)14-10-7-9(13-19-10)12(2,3)4/h7-8,14H,1-6H3. The van der Waals surface area contributed by atoms with Gasteiger partial charge >= 0.3 is 0 Å². The third-order valence-corrected chi connectivity index (χ3v) is 4.39. The van der Waals surface area contributed by atoms with Crippen LogP contribution in [0, 0.1) is 0 Å². The number of hydrogen-bond acceptors (Lipinski definition) is 5. The summed E-state index contributed by atoms with van der Waals surface area (Å²) in [6.45, 7) is 7.12. The summed E-state index contributed by atoms with van der Waals surface area (Å²) in [5, 5.41) is 2.61. The number of sulfonamides is 1. The Balaban J connectivity index is 2.92. The largest absolute Gasteiger partial charge is 0.348 e. The van der Waals surface area contributed by atoms with E-state index in [-0.39, 0.29) is 11.3 Å². The van der Waals surface area contributed by atoms with Gasteiger partial charge in [-0.25, -0.2) is 8.42 Å². The van der Waals surface area contributed by atoms with Gasteiger partial charge in [-0.3, -0.25) is 9.52 Å². The quantitative estimate of drug-likeness (QED) is 0.902. The molecule has 0 spiro atoms. The molecule has 0 aliphatic rings. The van der Waals surface area contributed by atoms with Crippen molar-refractivity contribution in [1.29, 1.82) is 0 Å². The zero-order valence-electron chi connectivity index (χ0n) is 12.6. The molecule has 8 heteroatoms. The lowest BCUT2D eigenvalue weighted by Crippen LogP contribution is -2.39. The predicted octanol–water partition coefficient (Wildman–Crippen LogP) is 1.19. The highest BCUT2D eigenvalue weighted by atomic mass is 32.2. The van der Waals surface area contributed by atoms with Crippen molar-refractivity contribution in [2.75, 3.05) is 18.8 Å². The Morgan fingerprint density at radius 3 is 2.35 bits per heavy atom. The number of amides is 1. The first-order chi connectivity index (χ1) is 8.95. The molecule has 0 saturated carbocycles. The third kappa shape index (κ3) is 3.72. The van der Waals surface area contributed by atoms with Crippen molar-refractivity contribution in [2.24, 2.45) is 0 Å². The van der Waals surface area contributed by atoms with Crippen LogP contribution < -0.4 is 4.72 Å². The van der Waals surface area contributed by atoms with E-state index in [1.165, 1.54) is 32.0 Å². The zero-order chi connectivity index (χ0) is 15.7. The number of carbonyl (C=O) groups excluding carboxylic acids is 1. The van der Waals surface area contributed by atoms with Gasteiger partial charge in [-0.2, -0.15) is 0 Å². The molecule has 1 aromatic rings. The van der Waals surface area contributed by atoms with Crippen LogP contribution in [0.2, 0.25) is 0 Å². The van der Waals surface area contributed by atoms with Gasteiger partial charge in [-0.1, -0.05) is 25.9 Å². The summed E-state index contributed by atoms with van der Waals surface area (Å²) in [4.78, 5) is 12.9. The van der Waals surface area contributed by atoms with Crippen LogP contribution in [-0.4, -0.2) is 43.7 Å². The molecule has 7 nitrogen and oxygen atoms in total. The summed E-state index contributed by atoms with van der Waals surface area (Å²) in [5.41, 5.74) is 0.375. The monoisotopic (exact) mass is 303 g/mol. The minimum Gasteiger partial charge on any atom is -0.348 e. The molecule has 0 aliphatic carbocycles. The van der Waals surface area contributed by atoms with E-state index < -0.39 is 21.2 Å². The van der Waals surface area contributed by atoms with E-state index in [9.17, 15) is 13.2 Å². The van der Waals surface area contributed by atoms with Crippen LogP contribution in [-0.2, 0) is 20.2 Å². The van der Waals surface area contributed by atoms with Crippen molar-refractivity contribution >= 4 is 21.8 Å². The van der Waals surface area contributed by atoms with Crippen LogP contribution >= 0.6 is 0 Å². The predicted molar refractivity (Wildman–Crippen MR) is 75.9 cm³/mol. The molecule has 1 unspecified atom stereocenters. The SMILES string of the molecule is CC(C(=O)N(C)C)S(=O)(=O)Nc1cc(C(C)(C)C)no1. The molecule has 1 rings (SSSR count). The second-order valence-corrected chi connectivity index (χ2v) is 7.85. The molecule has 1 amide bonds. The average molecular weight is 303 g/mol. The van der Waals surface area contributed by atoms with Crippen molar-refractivity contribution in [3.8, 4) is 0 Å². The van der Waals surface area contributed by atoms with Crippen molar-refractivity contribution < 1.29 is 17.7 Å². The summed E-state index contributed by atoms with van der Waals surface area (Å²) in [5.74, 6) is -0.499. The van der Waals surface area contributed by atoms with E-state index in [0.717, 1.165) is 0 Å². The molecule has 1 heterocycles. The lowest BCUT2D eigenvalue weighted by Gasteiger charge is -2.17. The minimum atomic E-state index is -3.86. The first-order valence-electron chi connectivity index (χ1n) is 6.15. The van der Waals surface area contributed by atoms with Gasteiger partial charge < -0.3 is 9.42 Å². The number of aromatic nitrogens is 1. The Hall–Kier alpha value is -1.57. The molecular weight excluding hydrogens is 282 g/mol. The van der Waals surface area contributed by atoms with E-state index in [1.807, 2.05) is 20.8 Å². The number of anilines is 1. The van der Waals surface area contributed by atoms with Gasteiger partial charge in [-0.05, 0) is 6.92 Å². The summed E-state index contributed by atoms with van der Waals surface area (Å²) >= 11 is 0. The average Bonchev–Trinajstić information content (AvgIpc) is 2.74. The van der Waals surface area contributed by atoms with Gasteiger partial charge in [0.05, 0.1) is 5.69 Å². The molecule has 1 aromatic heterocycles. The number of nitrogens with zero attached hydrogens (tertiary/aromatic N) is 2. The highest BCUT2D eigenvalue weighted by molar-refractivity contribution is 7.94. The first kappa shape index (κ1) is 16.5. The molecule has 0 saturated heterocycles. The molecule has 0 fully saturated rings. The number of rotatable bonds is 4. The molecule has 0 aromatic carbocycles. The van der Waals surface area contributed by atoms with Gasteiger partial charge in [0.1, 0.15) is 0 Å². The fourth-order valence-electron chi connectivity index (χ4n) is 1.40. The van der Waals surface area contributed by atoms with Crippen LogP contribution in [0.25, 0.3) is 0 Å². The molecule has 20 heavy (non-hydrogen) atoms. The zero-order valence-corrected chi connectivity index (χ0v) is 13.4. The molecule has 0 radical (unpaired) electrons. The van der Waals surface area contributed by atoms with Gasteiger partial charge in [0.25, 0.3) is 0 Å². The van der Waals surface area contributed by atoms with E-state index in [2.05, 4.69) is 9.88 Å². The van der Waals surface area contributed by atoms with E-state index >= 15 is 0 Å². The lowest BCUT2D eigenvalue weighted by molar-refractivity contribution is -0.127. The molecule has 0 bridgehead atoms. The fourth-order valence-corrected chi connectivity index (χ4v) is 2.43. The highest BCUT2D eigenvalue weighted by Gasteiger charge is 2.30. The number of carbonyl (C=O) groups is 1. The van der Waals surface area contributed by atoms with Crippen LogP contribution in [0.5, 0.6) is 0 Å². The van der Waals surface area contributed by atoms with Crippen LogP contribution in [0.1, 0.15) is 33.4 Å². The molecule has 1 atom stereocenters. The first-order valence-corrected chi connectivity index (χ1v) is 7.70. The van der Waals surface area contributed by atoms with Gasteiger partial charge in [0.2, 0.25) is 21.8 Å². The summed E-state index contributed by atoms with van der Waals surface area (Å²) in [7, 11) is -0.864. The van der Waals surface area contributed by atoms with E-state index in [4.69, 9.17) is 4.52 Å². The van der Waals surface area contributed by atoms with Crippen LogP contribution in [0.15, 0.2) is 10.6 Å². The maximum absolute atomic E-state index is 12.1. The second kappa shape index (κ2) is 5.43. The van der Waals surface area contributed by atoms with Gasteiger partial charge in [0, 0.05) is 25.6 Å². The van der Waals surface area contributed by atoms with Crippen molar-refractivity contribution in [3.05, 3.63) is 11.8 Å². The fraction of sp³-hybridized carbons (Fsp3) is 0.667. The summed E-state index contributed by atoms with van der Waals surface area (Å²) < 4.78 is 31.3. The van der Waals surface area contributed by atoms with Crippen molar-refractivity contribution in [2.45, 2.75) is 38.4 Å². The number of nitrogens with one attached hydrogen (secondary N) is 1. The lowest BCUT2D eigenvalue weighted by atomic mass is 9.92. The Kier molecular flexibility index (Phi) is 4.48. The Bertz CT molecular complexity index is 584. The normalized spacial score (nSPS) is 13.9.